The fourth-order valence-electron chi connectivity index (χ4n) is 3.72. The number of benzene rings is 1. The van der Waals surface area contributed by atoms with Crippen molar-refractivity contribution in [2.75, 3.05) is 47.3 Å². The number of hydrogen-bond donors (Lipinski definition) is 1. The largest absolute Gasteiger partial charge is 0.435 e. The third kappa shape index (κ3) is 9.05. The van der Waals surface area contributed by atoms with E-state index in [1.165, 1.54) is 0 Å². The Bertz CT molecular complexity index is 719. The normalized spacial score (nSPS) is 16.6. The van der Waals surface area contributed by atoms with E-state index < -0.39 is 6.61 Å². The molecule has 1 aliphatic heterocycles. The molecule has 1 fully saturated rings. The van der Waals surface area contributed by atoms with Gasteiger partial charge in [-0.25, -0.2) is 0 Å². The SMILES string of the molecule is CCNC(=NCCCN1CCCC1C(=O)N(C)C)N(C)Cc1ccc(OC(F)F)cc1.I. The maximum absolute atomic E-state index is 12.3. The van der Waals surface area contributed by atoms with Crippen molar-refractivity contribution in [3.63, 3.8) is 0 Å². The lowest BCUT2D eigenvalue weighted by Crippen LogP contribution is -2.43. The average Bonchev–Trinajstić information content (AvgIpc) is 3.19. The molecule has 182 valence electrons. The van der Waals surface area contributed by atoms with Crippen molar-refractivity contribution in [2.24, 2.45) is 4.99 Å². The molecule has 1 atom stereocenters. The maximum Gasteiger partial charge on any atom is 0.387 e. The molecule has 0 aromatic heterocycles. The van der Waals surface area contributed by atoms with Gasteiger partial charge in [-0.15, -0.1) is 24.0 Å². The first-order valence-electron chi connectivity index (χ1n) is 10.8. The van der Waals surface area contributed by atoms with Gasteiger partial charge in [0.05, 0.1) is 6.04 Å². The molecule has 7 nitrogen and oxygen atoms in total. The quantitative estimate of drug-likeness (QED) is 0.204. The van der Waals surface area contributed by atoms with Gasteiger partial charge in [-0.1, -0.05) is 12.1 Å². The van der Waals surface area contributed by atoms with E-state index in [9.17, 15) is 13.6 Å². The number of nitrogens with one attached hydrogen (secondary N) is 1. The summed E-state index contributed by atoms with van der Waals surface area (Å²) < 4.78 is 29.0. The lowest BCUT2D eigenvalue weighted by Gasteiger charge is -2.26. The number of likely N-dealkylation sites (tertiary alicyclic amines) is 1. The Balaban J connectivity index is 0.00000512. The van der Waals surface area contributed by atoms with Crippen LogP contribution in [0.15, 0.2) is 29.3 Å². The zero-order valence-electron chi connectivity index (χ0n) is 19.4. The van der Waals surface area contributed by atoms with Crippen LogP contribution in [0.5, 0.6) is 5.75 Å². The lowest BCUT2D eigenvalue weighted by molar-refractivity contribution is -0.133. The van der Waals surface area contributed by atoms with Crippen LogP contribution < -0.4 is 10.1 Å². The second kappa shape index (κ2) is 14.5. The minimum atomic E-state index is -2.82. The van der Waals surface area contributed by atoms with Gasteiger partial charge in [0.2, 0.25) is 5.91 Å². The number of nitrogens with zero attached hydrogens (tertiary/aromatic N) is 4. The van der Waals surface area contributed by atoms with Crippen molar-refractivity contribution in [1.29, 1.82) is 0 Å². The molecule has 0 bridgehead atoms. The van der Waals surface area contributed by atoms with E-state index in [1.54, 1.807) is 43.3 Å². The smallest absolute Gasteiger partial charge is 0.387 e. The minimum Gasteiger partial charge on any atom is -0.435 e. The number of likely N-dealkylation sites (N-methyl/N-ethyl adjacent to an activating group) is 1. The maximum atomic E-state index is 12.3. The van der Waals surface area contributed by atoms with Crippen molar-refractivity contribution in [3.05, 3.63) is 29.8 Å². The van der Waals surface area contributed by atoms with E-state index in [0.717, 1.165) is 50.4 Å². The van der Waals surface area contributed by atoms with E-state index in [-0.39, 0.29) is 41.7 Å². The van der Waals surface area contributed by atoms with Crippen LogP contribution >= 0.6 is 24.0 Å². The fraction of sp³-hybridized carbons (Fsp3) is 0.636. The molecule has 2 rings (SSSR count). The van der Waals surface area contributed by atoms with Crippen LogP contribution in [0.3, 0.4) is 0 Å². The number of ether oxygens (including phenoxy) is 1. The van der Waals surface area contributed by atoms with Crippen molar-refractivity contribution in [1.82, 2.24) is 20.0 Å². The number of carbonyl (C=O) groups excluding carboxylic acids is 1. The summed E-state index contributed by atoms with van der Waals surface area (Å²) in [6.45, 7) is 3.00. The van der Waals surface area contributed by atoms with Gasteiger partial charge >= 0.3 is 6.61 Å². The van der Waals surface area contributed by atoms with Crippen molar-refractivity contribution in [3.8, 4) is 5.75 Å². The van der Waals surface area contributed by atoms with Crippen LogP contribution in [-0.2, 0) is 11.3 Å². The summed E-state index contributed by atoms with van der Waals surface area (Å²) in [7, 11) is 5.55. The van der Waals surface area contributed by atoms with Crippen LogP contribution in [0.25, 0.3) is 0 Å². The molecule has 1 unspecified atom stereocenters. The summed E-state index contributed by atoms with van der Waals surface area (Å²) in [5.41, 5.74) is 0.969. The lowest BCUT2D eigenvalue weighted by atomic mass is 10.2. The number of aliphatic imine (C=N–C) groups is 1. The average molecular weight is 567 g/mol. The fourth-order valence-corrected chi connectivity index (χ4v) is 3.72. The summed E-state index contributed by atoms with van der Waals surface area (Å²) in [6, 6.07) is 6.62. The summed E-state index contributed by atoms with van der Waals surface area (Å²) in [4.78, 5) is 23.0. The Labute approximate surface area is 207 Å². The topological polar surface area (TPSA) is 60.4 Å². The molecule has 0 spiro atoms. The number of rotatable bonds is 10. The third-order valence-electron chi connectivity index (χ3n) is 5.22. The zero-order chi connectivity index (χ0) is 22.8. The second-order valence-electron chi connectivity index (χ2n) is 7.89. The predicted molar refractivity (Wildman–Crippen MR) is 134 cm³/mol. The molecule has 1 aromatic rings. The highest BCUT2D eigenvalue weighted by molar-refractivity contribution is 14.0. The number of amides is 1. The van der Waals surface area contributed by atoms with Crippen LogP contribution in [0.2, 0.25) is 0 Å². The highest BCUT2D eigenvalue weighted by Crippen LogP contribution is 2.19. The van der Waals surface area contributed by atoms with E-state index in [2.05, 4.69) is 15.0 Å². The molecule has 0 aliphatic carbocycles. The Kier molecular flexibility index (Phi) is 12.8. The number of alkyl halides is 2. The Morgan fingerprint density at radius 1 is 1.28 bits per heavy atom. The number of halogens is 3. The molecule has 32 heavy (non-hydrogen) atoms. The Hall–Kier alpha value is -1.69. The number of carbonyl (C=O) groups is 1. The Morgan fingerprint density at radius 3 is 2.56 bits per heavy atom. The van der Waals surface area contributed by atoms with Gasteiger partial charge in [0, 0.05) is 47.3 Å². The van der Waals surface area contributed by atoms with Gasteiger partial charge in [-0.2, -0.15) is 8.78 Å². The highest BCUT2D eigenvalue weighted by atomic mass is 127. The van der Waals surface area contributed by atoms with Crippen LogP contribution in [0.1, 0.15) is 31.7 Å². The van der Waals surface area contributed by atoms with Crippen LogP contribution in [0.4, 0.5) is 8.78 Å². The molecule has 0 radical (unpaired) electrons. The van der Waals surface area contributed by atoms with E-state index in [4.69, 9.17) is 4.99 Å². The van der Waals surface area contributed by atoms with Crippen LogP contribution in [0, 0.1) is 0 Å². The number of hydrogen-bond acceptors (Lipinski definition) is 4. The summed E-state index contributed by atoms with van der Waals surface area (Å²) in [5.74, 6) is 1.12. The monoisotopic (exact) mass is 567 g/mol. The molecular weight excluding hydrogens is 531 g/mol. The first-order valence-corrected chi connectivity index (χ1v) is 10.8. The molecular formula is C22H36F2IN5O2. The van der Waals surface area contributed by atoms with Gasteiger partial charge in [-0.3, -0.25) is 14.7 Å². The zero-order valence-corrected chi connectivity index (χ0v) is 21.7. The van der Waals surface area contributed by atoms with E-state index in [0.29, 0.717) is 13.1 Å². The molecule has 1 aromatic carbocycles. The summed E-state index contributed by atoms with van der Waals surface area (Å²) >= 11 is 0. The van der Waals surface area contributed by atoms with E-state index >= 15 is 0 Å². The Morgan fingerprint density at radius 2 is 1.97 bits per heavy atom. The third-order valence-corrected chi connectivity index (χ3v) is 5.22. The molecule has 0 saturated carbocycles. The van der Waals surface area contributed by atoms with Gasteiger partial charge in [0.25, 0.3) is 0 Å². The first-order chi connectivity index (χ1) is 14.8. The highest BCUT2D eigenvalue weighted by Gasteiger charge is 2.30. The predicted octanol–water partition coefficient (Wildman–Crippen LogP) is 3.25. The van der Waals surface area contributed by atoms with Gasteiger partial charge in [0.15, 0.2) is 5.96 Å². The minimum absolute atomic E-state index is 0. The van der Waals surface area contributed by atoms with E-state index in [1.807, 2.05) is 18.9 Å². The molecule has 1 amide bonds. The molecule has 1 heterocycles. The van der Waals surface area contributed by atoms with Crippen LogP contribution in [-0.4, -0.2) is 86.5 Å². The van der Waals surface area contributed by atoms with Gasteiger partial charge in [-0.05, 0) is 50.4 Å². The summed E-state index contributed by atoms with van der Waals surface area (Å²) in [5, 5.41) is 3.29. The van der Waals surface area contributed by atoms with Crippen molar-refractivity contribution >= 4 is 35.8 Å². The number of guanidine groups is 1. The van der Waals surface area contributed by atoms with Crippen molar-refractivity contribution < 1.29 is 18.3 Å². The summed E-state index contributed by atoms with van der Waals surface area (Å²) in [6.07, 6.45) is 2.85. The molecule has 1 aliphatic rings. The molecule has 1 N–H and O–H groups in total. The van der Waals surface area contributed by atoms with Gasteiger partial charge in [0.1, 0.15) is 5.75 Å². The van der Waals surface area contributed by atoms with Crippen molar-refractivity contribution in [2.45, 2.75) is 45.4 Å². The first kappa shape index (κ1) is 28.3. The molecule has 1 saturated heterocycles. The second-order valence-corrected chi connectivity index (χ2v) is 7.89. The standard InChI is InChI=1S/C22H35F2N5O2.HI/c1-5-25-22(28(4)16-17-9-11-18(12-10-17)31-21(23)24)26-13-7-15-29-14-6-8-19(29)20(30)27(2)3;/h9-12,19,21H,5-8,13-16H2,1-4H3,(H,25,26);1H. The van der Waals surface area contributed by atoms with Gasteiger partial charge < -0.3 is 19.9 Å². The molecule has 10 heteroatoms.